The van der Waals surface area contributed by atoms with Gasteiger partial charge in [0.25, 0.3) is 0 Å². The van der Waals surface area contributed by atoms with Crippen LogP contribution < -0.4 is 0 Å². The van der Waals surface area contributed by atoms with Gasteiger partial charge in [0.2, 0.25) is 5.91 Å². The summed E-state index contributed by atoms with van der Waals surface area (Å²) in [6.07, 6.45) is 5.41. The smallest absolute Gasteiger partial charge is 0.311 e. The molecule has 2 aliphatic rings. The van der Waals surface area contributed by atoms with E-state index in [2.05, 4.69) is 10.1 Å². The summed E-state index contributed by atoms with van der Waals surface area (Å²) >= 11 is 0. The molecule has 7 nitrogen and oxygen atoms in total. The number of fused-ring (bicyclic) bond motifs is 1. The molecule has 0 aromatic carbocycles. The van der Waals surface area contributed by atoms with E-state index in [-0.39, 0.29) is 11.8 Å². The zero-order valence-corrected chi connectivity index (χ0v) is 11.4. The third-order valence-corrected chi connectivity index (χ3v) is 4.80. The Morgan fingerprint density at radius 3 is 2.90 bits per heavy atom. The van der Waals surface area contributed by atoms with Crippen molar-refractivity contribution in [3.8, 4) is 0 Å². The number of aliphatic carboxylic acids is 1. The van der Waals surface area contributed by atoms with Crippen LogP contribution in [0.5, 0.6) is 0 Å². The Hall–Kier alpha value is -1.92. The van der Waals surface area contributed by atoms with Gasteiger partial charge in [0.1, 0.15) is 18.7 Å². The number of carbonyl (C=O) groups excluding carboxylic acids is 1. The SMILES string of the molecule is CC(C(=O)N1C[C@@H]2CCC[C@@]2(C(=O)O)C1)n1cncn1. The minimum atomic E-state index is -0.760. The van der Waals surface area contributed by atoms with E-state index < -0.39 is 17.4 Å². The standard InChI is InChI=1S/C13H18N4O3/c1-9(17-8-14-7-15-17)11(18)16-5-10-3-2-4-13(10,6-16)12(19)20/h7-10H,2-6H2,1H3,(H,19,20)/t9?,10-,13+/m0/s1. The highest BCUT2D eigenvalue weighted by Crippen LogP contribution is 2.49. The fraction of sp³-hybridized carbons (Fsp3) is 0.692. The number of carboxylic acids is 1. The summed E-state index contributed by atoms with van der Waals surface area (Å²) in [6.45, 7) is 2.63. The van der Waals surface area contributed by atoms with Gasteiger partial charge in [-0.05, 0) is 25.7 Å². The van der Waals surface area contributed by atoms with Gasteiger partial charge in [-0.15, -0.1) is 0 Å². The number of aromatic nitrogens is 3. The Balaban J connectivity index is 1.77. The fourth-order valence-corrected chi connectivity index (χ4v) is 3.60. The van der Waals surface area contributed by atoms with E-state index in [9.17, 15) is 14.7 Å². The van der Waals surface area contributed by atoms with Crippen molar-refractivity contribution in [1.29, 1.82) is 0 Å². The van der Waals surface area contributed by atoms with Gasteiger partial charge >= 0.3 is 5.97 Å². The van der Waals surface area contributed by atoms with Crippen molar-refractivity contribution in [3.05, 3.63) is 12.7 Å². The van der Waals surface area contributed by atoms with Crippen LogP contribution in [0.4, 0.5) is 0 Å². The van der Waals surface area contributed by atoms with E-state index in [4.69, 9.17) is 0 Å². The lowest BCUT2D eigenvalue weighted by atomic mass is 9.81. The highest BCUT2D eigenvalue weighted by Gasteiger charge is 2.56. The maximum absolute atomic E-state index is 12.5. The largest absolute Gasteiger partial charge is 0.481 e. The molecular formula is C13H18N4O3. The van der Waals surface area contributed by atoms with Crippen LogP contribution >= 0.6 is 0 Å². The van der Waals surface area contributed by atoms with Crippen LogP contribution in [-0.2, 0) is 9.59 Å². The van der Waals surface area contributed by atoms with Crippen molar-refractivity contribution in [1.82, 2.24) is 19.7 Å². The molecule has 3 rings (SSSR count). The molecule has 1 unspecified atom stereocenters. The summed E-state index contributed by atoms with van der Waals surface area (Å²) in [6, 6.07) is -0.442. The number of hydrogen-bond donors (Lipinski definition) is 1. The lowest BCUT2D eigenvalue weighted by Crippen LogP contribution is -2.39. The van der Waals surface area contributed by atoms with Crippen molar-refractivity contribution >= 4 is 11.9 Å². The molecule has 1 saturated heterocycles. The number of likely N-dealkylation sites (tertiary alicyclic amines) is 1. The molecule has 1 saturated carbocycles. The first kappa shape index (κ1) is 13.1. The van der Waals surface area contributed by atoms with Crippen molar-refractivity contribution in [2.24, 2.45) is 11.3 Å². The normalized spacial score (nSPS) is 30.2. The quantitative estimate of drug-likeness (QED) is 0.872. The van der Waals surface area contributed by atoms with Gasteiger partial charge in [0.05, 0.1) is 5.41 Å². The molecule has 1 aromatic rings. The van der Waals surface area contributed by atoms with Gasteiger partial charge in [0.15, 0.2) is 0 Å². The molecule has 0 bridgehead atoms. The second kappa shape index (κ2) is 4.57. The van der Waals surface area contributed by atoms with Crippen LogP contribution in [-0.4, -0.2) is 49.7 Å². The minimum absolute atomic E-state index is 0.0782. The molecule has 0 radical (unpaired) electrons. The summed E-state index contributed by atoms with van der Waals surface area (Å²) in [5.41, 5.74) is -0.724. The maximum Gasteiger partial charge on any atom is 0.311 e. The van der Waals surface area contributed by atoms with Crippen molar-refractivity contribution in [2.75, 3.05) is 13.1 Å². The van der Waals surface area contributed by atoms with E-state index in [1.165, 1.54) is 17.3 Å². The van der Waals surface area contributed by atoms with Gasteiger partial charge in [-0.3, -0.25) is 9.59 Å². The van der Waals surface area contributed by atoms with Crippen molar-refractivity contribution in [3.63, 3.8) is 0 Å². The molecule has 1 amide bonds. The molecule has 1 aliphatic carbocycles. The highest BCUT2D eigenvalue weighted by molar-refractivity contribution is 5.83. The third kappa shape index (κ3) is 1.80. The zero-order valence-electron chi connectivity index (χ0n) is 11.4. The summed E-state index contributed by atoms with van der Waals surface area (Å²) in [5.74, 6) is -0.749. The lowest BCUT2D eigenvalue weighted by Gasteiger charge is -2.24. The second-order valence-corrected chi connectivity index (χ2v) is 5.82. The first-order chi connectivity index (χ1) is 9.54. The Morgan fingerprint density at radius 2 is 2.30 bits per heavy atom. The number of hydrogen-bond acceptors (Lipinski definition) is 4. The van der Waals surface area contributed by atoms with E-state index in [0.29, 0.717) is 19.5 Å². The molecule has 1 aliphatic heterocycles. The van der Waals surface area contributed by atoms with E-state index in [0.717, 1.165) is 12.8 Å². The van der Waals surface area contributed by atoms with Gasteiger partial charge in [-0.2, -0.15) is 5.10 Å². The van der Waals surface area contributed by atoms with Gasteiger partial charge < -0.3 is 10.0 Å². The Kier molecular flexibility index (Phi) is 2.99. The van der Waals surface area contributed by atoms with Crippen LogP contribution in [0.15, 0.2) is 12.7 Å². The molecule has 2 heterocycles. The predicted octanol–water partition coefficient (Wildman–Crippen LogP) is 0.552. The molecule has 1 N–H and O–H groups in total. The van der Waals surface area contributed by atoms with Crippen LogP contribution in [0, 0.1) is 11.3 Å². The monoisotopic (exact) mass is 278 g/mol. The molecular weight excluding hydrogens is 260 g/mol. The Morgan fingerprint density at radius 1 is 1.50 bits per heavy atom. The van der Waals surface area contributed by atoms with Crippen LogP contribution in [0.3, 0.4) is 0 Å². The topological polar surface area (TPSA) is 88.3 Å². The molecule has 7 heteroatoms. The molecule has 0 spiro atoms. The Bertz CT molecular complexity index is 530. The first-order valence-corrected chi connectivity index (χ1v) is 6.91. The summed E-state index contributed by atoms with van der Waals surface area (Å²) in [7, 11) is 0. The van der Waals surface area contributed by atoms with Gasteiger partial charge in [-0.1, -0.05) is 6.42 Å². The molecule has 2 fully saturated rings. The number of amides is 1. The van der Waals surface area contributed by atoms with E-state index in [1.807, 2.05) is 0 Å². The summed E-state index contributed by atoms with van der Waals surface area (Å²) < 4.78 is 1.50. The number of carbonyl (C=O) groups is 2. The van der Waals surface area contributed by atoms with Crippen LogP contribution in [0.25, 0.3) is 0 Å². The summed E-state index contributed by atoms with van der Waals surface area (Å²) in [4.78, 5) is 29.6. The average Bonchev–Trinajstić information content (AvgIpc) is 3.11. The Labute approximate surface area is 116 Å². The average molecular weight is 278 g/mol. The maximum atomic E-state index is 12.5. The van der Waals surface area contributed by atoms with Gasteiger partial charge in [0, 0.05) is 13.1 Å². The van der Waals surface area contributed by atoms with Crippen LogP contribution in [0.1, 0.15) is 32.2 Å². The molecule has 108 valence electrons. The van der Waals surface area contributed by atoms with Crippen molar-refractivity contribution in [2.45, 2.75) is 32.2 Å². The molecule has 3 atom stereocenters. The molecule has 20 heavy (non-hydrogen) atoms. The highest BCUT2D eigenvalue weighted by atomic mass is 16.4. The number of nitrogens with zero attached hydrogens (tertiary/aromatic N) is 4. The van der Waals surface area contributed by atoms with Gasteiger partial charge in [-0.25, -0.2) is 9.67 Å². The van der Waals surface area contributed by atoms with E-state index >= 15 is 0 Å². The minimum Gasteiger partial charge on any atom is -0.481 e. The third-order valence-electron chi connectivity index (χ3n) is 4.80. The first-order valence-electron chi connectivity index (χ1n) is 6.91. The fourth-order valence-electron chi connectivity index (χ4n) is 3.60. The second-order valence-electron chi connectivity index (χ2n) is 5.82. The molecule has 1 aromatic heterocycles. The lowest BCUT2D eigenvalue weighted by molar-refractivity contribution is -0.149. The van der Waals surface area contributed by atoms with Crippen LogP contribution in [0.2, 0.25) is 0 Å². The van der Waals surface area contributed by atoms with E-state index in [1.54, 1.807) is 11.8 Å². The number of carboxylic acid groups (broad SMARTS) is 1. The summed E-state index contributed by atoms with van der Waals surface area (Å²) in [5, 5.41) is 13.5. The predicted molar refractivity (Wildman–Crippen MR) is 68.7 cm³/mol. The zero-order chi connectivity index (χ0) is 14.3. The van der Waals surface area contributed by atoms with Crippen molar-refractivity contribution < 1.29 is 14.7 Å². The number of rotatable bonds is 3.